The zero-order chi connectivity index (χ0) is 12.7. The van der Waals surface area contributed by atoms with Gasteiger partial charge in [-0.25, -0.2) is 0 Å². The van der Waals surface area contributed by atoms with Gasteiger partial charge in [-0.05, 0) is 52.1 Å². The molecule has 0 spiro atoms. The van der Waals surface area contributed by atoms with E-state index < -0.39 is 0 Å². The molecular weight excluding hydrogens is 212 g/mol. The largest absolute Gasteiger partial charge is 0.339 e. The molecule has 1 fully saturated rings. The Morgan fingerprint density at radius 3 is 2.59 bits per heavy atom. The van der Waals surface area contributed by atoms with Crippen LogP contribution in [0.3, 0.4) is 0 Å². The van der Waals surface area contributed by atoms with Gasteiger partial charge >= 0.3 is 0 Å². The molecule has 0 unspecified atom stereocenters. The highest BCUT2D eigenvalue weighted by molar-refractivity contribution is 5.92. The molecule has 0 aliphatic carbocycles. The third-order valence-electron chi connectivity index (χ3n) is 3.55. The van der Waals surface area contributed by atoms with E-state index in [1.807, 2.05) is 24.9 Å². The summed E-state index contributed by atoms with van der Waals surface area (Å²) in [6.07, 6.45) is 6.52. The SMILES string of the molecule is CCC=C(C)C(=O)N1CCC(CCNC)CC1. The van der Waals surface area contributed by atoms with E-state index in [9.17, 15) is 4.79 Å². The second kappa shape index (κ2) is 7.49. The molecule has 3 nitrogen and oxygen atoms in total. The van der Waals surface area contributed by atoms with Crippen molar-refractivity contribution in [2.75, 3.05) is 26.7 Å². The Morgan fingerprint density at radius 1 is 1.41 bits per heavy atom. The van der Waals surface area contributed by atoms with Crippen molar-refractivity contribution in [1.29, 1.82) is 0 Å². The van der Waals surface area contributed by atoms with E-state index >= 15 is 0 Å². The zero-order valence-corrected chi connectivity index (χ0v) is 11.5. The number of likely N-dealkylation sites (tertiary alicyclic amines) is 1. The number of piperidine rings is 1. The predicted molar refractivity (Wildman–Crippen MR) is 71.9 cm³/mol. The summed E-state index contributed by atoms with van der Waals surface area (Å²) in [7, 11) is 2.00. The standard InChI is InChI=1S/C14H26N2O/c1-4-5-12(2)14(17)16-10-7-13(8-11-16)6-9-15-3/h5,13,15H,4,6-11H2,1-3H3. The first-order valence-electron chi connectivity index (χ1n) is 6.79. The van der Waals surface area contributed by atoms with E-state index in [-0.39, 0.29) is 5.91 Å². The molecule has 1 amide bonds. The van der Waals surface area contributed by atoms with Crippen molar-refractivity contribution in [1.82, 2.24) is 10.2 Å². The second-order valence-electron chi connectivity index (χ2n) is 4.92. The summed E-state index contributed by atoms with van der Waals surface area (Å²) in [6.45, 7) is 6.96. The molecule has 0 aromatic rings. The van der Waals surface area contributed by atoms with E-state index in [0.717, 1.165) is 50.4 Å². The van der Waals surface area contributed by atoms with E-state index in [1.165, 1.54) is 6.42 Å². The van der Waals surface area contributed by atoms with Crippen molar-refractivity contribution < 1.29 is 4.79 Å². The Balaban J connectivity index is 2.36. The number of nitrogens with one attached hydrogen (secondary N) is 1. The molecule has 0 bridgehead atoms. The minimum atomic E-state index is 0.235. The Morgan fingerprint density at radius 2 is 2.06 bits per heavy atom. The highest BCUT2D eigenvalue weighted by atomic mass is 16.2. The summed E-state index contributed by atoms with van der Waals surface area (Å²) < 4.78 is 0. The molecule has 0 radical (unpaired) electrons. The van der Waals surface area contributed by atoms with Crippen LogP contribution in [-0.4, -0.2) is 37.5 Å². The maximum absolute atomic E-state index is 12.1. The number of hydrogen-bond donors (Lipinski definition) is 1. The number of amides is 1. The Kier molecular flexibility index (Phi) is 6.27. The van der Waals surface area contributed by atoms with Gasteiger partial charge in [-0.3, -0.25) is 4.79 Å². The third-order valence-corrected chi connectivity index (χ3v) is 3.55. The molecule has 1 aliphatic heterocycles. The number of carbonyl (C=O) groups is 1. The average molecular weight is 238 g/mol. The van der Waals surface area contributed by atoms with Gasteiger partial charge in [-0.1, -0.05) is 13.0 Å². The van der Waals surface area contributed by atoms with Crippen LogP contribution in [0.1, 0.15) is 39.5 Å². The van der Waals surface area contributed by atoms with Crippen LogP contribution in [0.25, 0.3) is 0 Å². The minimum Gasteiger partial charge on any atom is -0.339 e. The summed E-state index contributed by atoms with van der Waals surface area (Å²) in [5, 5.41) is 3.19. The fraction of sp³-hybridized carbons (Fsp3) is 0.786. The van der Waals surface area contributed by atoms with Crippen LogP contribution in [0.15, 0.2) is 11.6 Å². The Labute approximate surface area is 105 Å². The number of hydrogen-bond acceptors (Lipinski definition) is 2. The molecule has 1 aliphatic rings. The van der Waals surface area contributed by atoms with Crippen LogP contribution in [0.2, 0.25) is 0 Å². The number of allylic oxidation sites excluding steroid dienone is 1. The van der Waals surface area contributed by atoms with Gasteiger partial charge in [0.1, 0.15) is 0 Å². The fourth-order valence-electron chi connectivity index (χ4n) is 2.42. The lowest BCUT2D eigenvalue weighted by Gasteiger charge is -2.32. The van der Waals surface area contributed by atoms with E-state index in [0.29, 0.717) is 0 Å². The summed E-state index contributed by atoms with van der Waals surface area (Å²) >= 11 is 0. The first-order valence-corrected chi connectivity index (χ1v) is 6.79. The van der Waals surface area contributed by atoms with Gasteiger partial charge in [0.25, 0.3) is 0 Å². The molecule has 1 saturated heterocycles. The van der Waals surface area contributed by atoms with Crippen LogP contribution in [0.4, 0.5) is 0 Å². The summed E-state index contributed by atoms with van der Waals surface area (Å²) in [5.41, 5.74) is 0.904. The Bertz CT molecular complexity index is 265. The monoisotopic (exact) mass is 238 g/mol. The molecule has 1 heterocycles. The number of carbonyl (C=O) groups excluding carboxylic acids is 1. The lowest BCUT2D eigenvalue weighted by atomic mass is 9.93. The minimum absolute atomic E-state index is 0.235. The molecular formula is C14H26N2O. The van der Waals surface area contributed by atoms with Crippen LogP contribution in [0, 0.1) is 5.92 Å². The molecule has 1 rings (SSSR count). The smallest absolute Gasteiger partial charge is 0.249 e. The molecule has 17 heavy (non-hydrogen) atoms. The van der Waals surface area contributed by atoms with Crippen LogP contribution < -0.4 is 5.32 Å². The second-order valence-corrected chi connectivity index (χ2v) is 4.92. The van der Waals surface area contributed by atoms with Crippen molar-refractivity contribution in [2.24, 2.45) is 5.92 Å². The van der Waals surface area contributed by atoms with Crippen molar-refractivity contribution in [3.05, 3.63) is 11.6 Å². The average Bonchev–Trinajstić information content (AvgIpc) is 2.36. The molecule has 0 aromatic heterocycles. The third kappa shape index (κ3) is 4.50. The normalized spacial score (nSPS) is 18.5. The van der Waals surface area contributed by atoms with Gasteiger partial charge in [0.15, 0.2) is 0 Å². The number of rotatable bonds is 5. The molecule has 98 valence electrons. The predicted octanol–water partition coefficient (Wildman–Crippen LogP) is 2.19. The van der Waals surface area contributed by atoms with Gasteiger partial charge in [0, 0.05) is 18.7 Å². The lowest BCUT2D eigenvalue weighted by Crippen LogP contribution is -2.39. The van der Waals surface area contributed by atoms with Crippen LogP contribution >= 0.6 is 0 Å². The van der Waals surface area contributed by atoms with Crippen LogP contribution in [-0.2, 0) is 4.79 Å². The van der Waals surface area contributed by atoms with E-state index in [4.69, 9.17) is 0 Å². The van der Waals surface area contributed by atoms with Crippen molar-refractivity contribution >= 4 is 5.91 Å². The molecule has 0 atom stereocenters. The molecule has 0 aromatic carbocycles. The van der Waals surface area contributed by atoms with E-state index in [1.54, 1.807) is 0 Å². The molecule has 3 heteroatoms. The summed E-state index contributed by atoms with van der Waals surface area (Å²) in [4.78, 5) is 14.1. The highest BCUT2D eigenvalue weighted by Crippen LogP contribution is 2.21. The highest BCUT2D eigenvalue weighted by Gasteiger charge is 2.22. The first-order chi connectivity index (χ1) is 8.19. The number of nitrogens with zero attached hydrogens (tertiary/aromatic N) is 1. The van der Waals surface area contributed by atoms with E-state index in [2.05, 4.69) is 12.2 Å². The van der Waals surface area contributed by atoms with Crippen molar-refractivity contribution in [2.45, 2.75) is 39.5 Å². The summed E-state index contributed by atoms with van der Waals surface area (Å²) in [6, 6.07) is 0. The Hall–Kier alpha value is -0.830. The summed E-state index contributed by atoms with van der Waals surface area (Å²) in [5.74, 6) is 1.03. The fourth-order valence-corrected chi connectivity index (χ4v) is 2.42. The first kappa shape index (κ1) is 14.2. The van der Waals surface area contributed by atoms with Gasteiger partial charge in [0.2, 0.25) is 5.91 Å². The van der Waals surface area contributed by atoms with Gasteiger partial charge in [-0.15, -0.1) is 0 Å². The lowest BCUT2D eigenvalue weighted by molar-refractivity contribution is -0.128. The zero-order valence-electron chi connectivity index (χ0n) is 11.5. The molecule has 1 N–H and O–H groups in total. The maximum Gasteiger partial charge on any atom is 0.249 e. The quantitative estimate of drug-likeness (QED) is 0.745. The maximum atomic E-state index is 12.1. The topological polar surface area (TPSA) is 32.3 Å². The molecule has 0 saturated carbocycles. The van der Waals surface area contributed by atoms with Crippen molar-refractivity contribution in [3.63, 3.8) is 0 Å². The van der Waals surface area contributed by atoms with Crippen molar-refractivity contribution in [3.8, 4) is 0 Å². The van der Waals surface area contributed by atoms with Gasteiger partial charge in [-0.2, -0.15) is 0 Å². The van der Waals surface area contributed by atoms with Gasteiger partial charge in [0.05, 0.1) is 0 Å². The van der Waals surface area contributed by atoms with Crippen LogP contribution in [0.5, 0.6) is 0 Å². The van der Waals surface area contributed by atoms with Gasteiger partial charge < -0.3 is 10.2 Å².